The number of sulfone groups is 1. The number of fused-ring (bicyclic) bond motifs is 3. The van der Waals surface area contributed by atoms with Crippen LogP contribution in [0.25, 0.3) is 11.1 Å². The van der Waals surface area contributed by atoms with Crippen molar-refractivity contribution in [3.8, 4) is 17.0 Å². The molecule has 3 N–H and O–H groups in total. The highest BCUT2D eigenvalue weighted by Crippen LogP contribution is 2.46. The summed E-state index contributed by atoms with van der Waals surface area (Å²) in [5.74, 6) is -7.69. The number of rotatable bonds is 4. The van der Waals surface area contributed by atoms with E-state index in [1.165, 1.54) is 0 Å². The number of carboxylic acids is 3. The van der Waals surface area contributed by atoms with E-state index in [1.54, 1.807) is 31.8 Å². The zero-order valence-electron chi connectivity index (χ0n) is 25.0. The molecule has 1 aromatic carbocycles. The van der Waals surface area contributed by atoms with Crippen LogP contribution in [0.5, 0.6) is 5.88 Å². The van der Waals surface area contributed by atoms with Crippen LogP contribution in [-0.4, -0.2) is 100 Å². The number of nitrogens with zero attached hydrogens (tertiary/aromatic N) is 3. The fourth-order valence-electron chi connectivity index (χ4n) is 4.55. The second kappa shape index (κ2) is 16.1. The lowest BCUT2D eigenvalue weighted by Crippen LogP contribution is -2.26. The molecule has 22 heteroatoms. The van der Waals surface area contributed by atoms with Crippen molar-refractivity contribution in [2.45, 2.75) is 41.1 Å². The minimum absolute atomic E-state index is 0.0144. The number of aliphatic carboxylic acids is 3. The number of halogens is 9. The lowest BCUT2D eigenvalue weighted by atomic mass is 9.95. The number of benzene rings is 1. The minimum Gasteiger partial charge on any atom is -0.481 e. The molecule has 3 aromatic rings. The van der Waals surface area contributed by atoms with E-state index in [2.05, 4.69) is 14.9 Å². The maximum absolute atomic E-state index is 13.2. The molecule has 274 valence electrons. The summed E-state index contributed by atoms with van der Waals surface area (Å²) in [6.07, 6.45) is -10.1. The van der Waals surface area contributed by atoms with Gasteiger partial charge in [-0.2, -0.15) is 39.5 Å². The van der Waals surface area contributed by atoms with Gasteiger partial charge in [0.2, 0.25) is 5.88 Å². The number of pyridine rings is 2. The predicted octanol–water partition coefficient (Wildman–Crippen LogP) is 4.81. The monoisotopic (exact) mass is 749 g/mol. The van der Waals surface area contributed by atoms with Gasteiger partial charge in [0.1, 0.15) is 0 Å². The Labute approximate surface area is 275 Å². The largest absolute Gasteiger partial charge is 0.490 e. The maximum Gasteiger partial charge on any atom is 0.490 e. The highest BCUT2D eigenvalue weighted by atomic mass is 32.2. The predicted molar refractivity (Wildman–Crippen MR) is 151 cm³/mol. The Kier molecular flexibility index (Phi) is 13.3. The number of aromatic nitrogens is 2. The van der Waals surface area contributed by atoms with Crippen LogP contribution in [0.15, 0.2) is 66.0 Å². The molecule has 2 aliphatic heterocycles. The highest BCUT2D eigenvalue weighted by molar-refractivity contribution is 7.92. The van der Waals surface area contributed by atoms with Crippen LogP contribution in [0, 0.1) is 0 Å². The van der Waals surface area contributed by atoms with Crippen LogP contribution in [0.4, 0.5) is 39.5 Å². The minimum atomic E-state index is -5.08. The molecule has 0 saturated carbocycles. The average Bonchev–Trinajstić information content (AvgIpc) is 3.53. The van der Waals surface area contributed by atoms with Gasteiger partial charge in [0, 0.05) is 49.7 Å². The van der Waals surface area contributed by atoms with Gasteiger partial charge >= 0.3 is 36.4 Å². The third-order valence-corrected chi connectivity index (χ3v) is 8.89. The van der Waals surface area contributed by atoms with E-state index in [9.17, 15) is 47.9 Å². The summed E-state index contributed by atoms with van der Waals surface area (Å²) in [6, 6.07) is 13.4. The molecule has 0 radical (unpaired) electrons. The van der Waals surface area contributed by atoms with Crippen molar-refractivity contribution >= 4 is 27.7 Å². The summed E-state index contributed by atoms with van der Waals surface area (Å²) in [5.41, 5.74) is 3.97. The molecule has 5 rings (SSSR count). The van der Waals surface area contributed by atoms with Gasteiger partial charge in [0.15, 0.2) is 9.84 Å². The first kappa shape index (κ1) is 41.2. The Bertz CT molecular complexity index is 1710. The number of carboxylic acid groups (broad SMARTS) is 3. The Balaban J connectivity index is 0.000000338. The van der Waals surface area contributed by atoms with Crippen molar-refractivity contribution in [3.63, 3.8) is 0 Å². The molecular weight excluding hydrogens is 725 g/mol. The number of hydrogen-bond acceptors (Lipinski definition) is 9. The Morgan fingerprint density at radius 2 is 1.30 bits per heavy atom. The summed E-state index contributed by atoms with van der Waals surface area (Å²) in [7, 11) is -1.72. The van der Waals surface area contributed by atoms with Crippen LogP contribution < -0.4 is 4.74 Å². The molecule has 50 heavy (non-hydrogen) atoms. The van der Waals surface area contributed by atoms with Crippen molar-refractivity contribution < 1.29 is 82.4 Å². The van der Waals surface area contributed by atoms with Crippen molar-refractivity contribution in [1.82, 2.24) is 14.9 Å². The third-order valence-electron chi connectivity index (χ3n) is 6.63. The Hall–Kier alpha value is -4.99. The van der Waals surface area contributed by atoms with Gasteiger partial charge in [0.05, 0.1) is 17.3 Å². The highest BCUT2D eigenvalue weighted by Gasteiger charge is 2.50. The summed E-state index contributed by atoms with van der Waals surface area (Å²) in [4.78, 5) is 37.7. The molecule has 12 nitrogen and oxygen atoms in total. The quantitative estimate of drug-likeness (QED) is 0.310. The van der Waals surface area contributed by atoms with Gasteiger partial charge < -0.3 is 20.1 Å². The fourth-order valence-corrected chi connectivity index (χ4v) is 6.74. The molecule has 2 aromatic heterocycles. The molecule has 2 atom stereocenters. The van der Waals surface area contributed by atoms with Gasteiger partial charge in [-0.15, -0.1) is 0 Å². The topological polar surface area (TPSA) is 184 Å². The van der Waals surface area contributed by atoms with Crippen molar-refractivity contribution in [2.24, 2.45) is 0 Å². The first-order chi connectivity index (χ1) is 22.9. The van der Waals surface area contributed by atoms with Crippen LogP contribution in [0.3, 0.4) is 0 Å². The van der Waals surface area contributed by atoms with Gasteiger partial charge in [-0.25, -0.2) is 27.8 Å². The number of alkyl halides is 9. The molecular formula is C28H24F9N3O9S. The lowest BCUT2D eigenvalue weighted by molar-refractivity contribution is -0.193. The van der Waals surface area contributed by atoms with E-state index in [1.807, 2.05) is 36.4 Å². The van der Waals surface area contributed by atoms with E-state index in [0.717, 1.165) is 22.3 Å². The summed E-state index contributed by atoms with van der Waals surface area (Å²) in [6.45, 7) is 1.85. The number of methoxy groups -OCH3 is 1. The zero-order valence-corrected chi connectivity index (χ0v) is 25.8. The smallest absolute Gasteiger partial charge is 0.481 e. The number of carbonyl (C=O) groups is 3. The Morgan fingerprint density at radius 3 is 1.76 bits per heavy atom. The summed E-state index contributed by atoms with van der Waals surface area (Å²) < 4.78 is 127. The SMILES string of the molecule is COc1ncccc1CN1CC2c3cc(-c4ccncc4)ccc3S(=O)(=O)C2C1.O=C(O)C(F)(F)F.O=C(O)C(F)(F)F.O=C(O)C(F)(F)F. The molecule has 0 amide bonds. The van der Waals surface area contributed by atoms with Crippen molar-refractivity contribution in [2.75, 3.05) is 20.2 Å². The van der Waals surface area contributed by atoms with Crippen molar-refractivity contribution in [3.05, 3.63) is 72.2 Å². The summed E-state index contributed by atoms with van der Waals surface area (Å²) >= 11 is 0. The first-order valence-corrected chi connectivity index (χ1v) is 14.8. The molecule has 0 aliphatic carbocycles. The van der Waals surface area contributed by atoms with E-state index in [0.29, 0.717) is 30.4 Å². The first-order valence-electron chi connectivity index (χ1n) is 13.3. The van der Waals surface area contributed by atoms with E-state index >= 15 is 0 Å². The molecule has 0 spiro atoms. The van der Waals surface area contributed by atoms with Crippen LogP contribution in [-0.2, 0) is 30.8 Å². The third kappa shape index (κ3) is 11.0. The molecule has 0 bridgehead atoms. The maximum atomic E-state index is 13.2. The zero-order chi connectivity index (χ0) is 38.2. The number of ether oxygens (including phenoxy) is 1. The molecule has 2 aliphatic rings. The number of likely N-dealkylation sites (tertiary alicyclic amines) is 1. The number of hydrogen-bond donors (Lipinski definition) is 3. The van der Waals surface area contributed by atoms with Gasteiger partial charge in [0.25, 0.3) is 0 Å². The van der Waals surface area contributed by atoms with E-state index in [4.69, 9.17) is 34.4 Å². The van der Waals surface area contributed by atoms with E-state index in [-0.39, 0.29) is 5.92 Å². The fraction of sp³-hybridized carbons (Fsp3) is 0.321. The van der Waals surface area contributed by atoms with Crippen LogP contribution in [0.1, 0.15) is 17.0 Å². The standard InChI is InChI=1S/C22H21N3O3S.3C2HF3O2/c1-28-22-17(3-2-8-24-22)12-25-13-19-18-11-16(15-6-9-23-10-7-15)4-5-20(18)29(26,27)21(19)14-25;3*3-2(4,5)1(6)7/h2-11,19,21H,12-14H2,1H3;3*(H,6,7). The Morgan fingerprint density at radius 1 is 0.800 bits per heavy atom. The normalized spacial score (nSPS) is 17.6. The molecule has 1 fully saturated rings. The lowest BCUT2D eigenvalue weighted by Gasteiger charge is -2.18. The van der Waals surface area contributed by atoms with Crippen molar-refractivity contribution in [1.29, 1.82) is 0 Å². The van der Waals surface area contributed by atoms with Gasteiger partial charge in [-0.1, -0.05) is 12.1 Å². The van der Waals surface area contributed by atoms with Gasteiger partial charge in [-0.3, -0.25) is 9.88 Å². The molecule has 4 heterocycles. The van der Waals surface area contributed by atoms with Gasteiger partial charge in [-0.05, 0) is 47.0 Å². The average molecular weight is 750 g/mol. The van der Waals surface area contributed by atoms with Crippen LogP contribution in [0.2, 0.25) is 0 Å². The van der Waals surface area contributed by atoms with Crippen LogP contribution >= 0.6 is 0 Å². The molecule has 1 saturated heterocycles. The molecule has 2 unspecified atom stereocenters. The second-order valence-electron chi connectivity index (χ2n) is 9.95. The summed E-state index contributed by atoms with van der Waals surface area (Å²) in [5, 5.41) is 21.0. The second-order valence-corrected chi connectivity index (χ2v) is 12.1. The van der Waals surface area contributed by atoms with E-state index < -0.39 is 51.5 Å².